The van der Waals surface area contributed by atoms with Gasteiger partial charge >= 0.3 is 6.09 Å². The molecule has 1 fully saturated rings. The van der Waals surface area contributed by atoms with E-state index in [1.807, 2.05) is 20.8 Å². The third-order valence-electron chi connectivity index (χ3n) is 3.34. The van der Waals surface area contributed by atoms with E-state index in [4.69, 9.17) is 0 Å². The second kappa shape index (κ2) is 4.53. The van der Waals surface area contributed by atoms with E-state index in [1.54, 1.807) is 16.2 Å². The average Bonchev–Trinajstić information content (AvgIpc) is 2.83. The van der Waals surface area contributed by atoms with Crippen LogP contribution in [0.1, 0.15) is 43.6 Å². The number of amides is 1. The van der Waals surface area contributed by atoms with Crippen LogP contribution in [0.4, 0.5) is 4.79 Å². The van der Waals surface area contributed by atoms with Crippen LogP contribution < -0.4 is 0 Å². The molecule has 3 nitrogen and oxygen atoms in total. The zero-order chi connectivity index (χ0) is 13.7. The molecule has 100 valence electrons. The van der Waals surface area contributed by atoms with Gasteiger partial charge in [-0.25, -0.2) is 4.79 Å². The molecule has 2 atom stereocenters. The van der Waals surface area contributed by atoms with Gasteiger partial charge in [-0.3, -0.25) is 4.90 Å². The van der Waals surface area contributed by atoms with Crippen molar-refractivity contribution in [1.82, 2.24) is 4.90 Å². The predicted octanol–water partition coefficient (Wildman–Crippen LogP) is 4.45. The minimum Gasteiger partial charge on any atom is -0.465 e. The van der Waals surface area contributed by atoms with Gasteiger partial charge in [0.2, 0.25) is 0 Å². The summed E-state index contributed by atoms with van der Waals surface area (Å²) in [5, 5.41) is 9.38. The van der Waals surface area contributed by atoms with E-state index in [9.17, 15) is 9.90 Å². The van der Waals surface area contributed by atoms with Crippen LogP contribution >= 0.6 is 27.3 Å². The molecular weight excluding hydrogens is 314 g/mol. The largest absolute Gasteiger partial charge is 0.465 e. The average molecular weight is 332 g/mol. The molecule has 0 aliphatic heterocycles. The van der Waals surface area contributed by atoms with E-state index < -0.39 is 6.09 Å². The van der Waals surface area contributed by atoms with Crippen LogP contribution in [0, 0.1) is 6.92 Å². The number of carboxylic acid groups (broad SMARTS) is 1. The molecule has 0 radical (unpaired) electrons. The molecule has 1 aromatic rings. The standard InChI is InChI=1S/C13H18BrNO2S/c1-7-8(6-11(14)18-7)9-5-10(9)15(12(16)17)13(2,3)4/h6,9-10H,5H2,1-4H3,(H,16,17). The molecule has 1 amide bonds. The van der Waals surface area contributed by atoms with Crippen molar-refractivity contribution in [3.63, 3.8) is 0 Å². The number of hydrogen-bond donors (Lipinski definition) is 1. The summed E-state index contributed by atoms with van der Waals surface area (Å²) < 4.78 is 1.12. The van der Waals surface area contributed by atoms with Crippen molar-refractivity contribution in [2.45, 2.75) is 51.6 Å². The number of halogens is 1. The first-order chi connectivity index (χ1) is 8.21. The lowest BCUT2D eigenvalue weighted by Crippen LogP contribution is -2.46. The Bertz CT molecular complexity index is 478. The Labute approximate surface area is 120 Å². The number of hydrogen-bond acceptors (Lipinski definition) is 2. The summed E-state index contributed by atoms with van der Waals surface area (Å²) in [4.78, 5) is 14.3. The van der Waals surface area contributed by atoms with Crippen LogP contribution in [0.5, 0.6) is 0 Å². The quantitative estimate of drug-likeness (QED) is 0.869. The molecule has 1 N–H and O–H groups in total. The molecular formula is C13H18BrNO2S. The minimum atomic E-state index is -0.818. The van der Waals surface area contributed by atoms with E-state index in [1.165, 1.54) is 10.4 Å². The Morgan fingerprint density at radius 3 is 2.56 bits per heavy atom. The lowest BCUT2D eigenvalue weighted by molar-refractivity contribution is 0.0940. The van der Waals surface area contributed by atoms with Gasteiger partial charge in [0, 0.05) is 22.4 Å². The fourth-order valence-electron chi connectivity index (χ4n) is 2.55. The van der Waals surface area contributed by atoms with Crippen LogP contribution in [-0.4, -0.2) is 27.7 Å². The van der Waals surface area contributed by atoms with E-state index in [-0.39, 0.29) is 11.6 Å². The van der Waals surface area contributed by atoms with Crippen molar-refractivity contribution in [1.29, 1.82) is 0 Å². The van der Waals surface area contributed by atoms with Crippen molar-refractivity contribution in [3.05, 3.63) is 20.3 Å². The molecule has 0 spiro atoms. The van der Waals surface area contributed by atoms with Crippen LogP contribution in [0.15, 0.2) is 9.85 Å². The minimum absolute atomic E-state index is 0.127. The third-order valence-corrected chi connectivity index (χ3v) is 4.91. The summed E-state index contributed by atoms with van der Waals surface area (Å²) in [5.74, 6) is 0.364. The van der Waals surface area contributed by atoms with Gasteiger partial charge in [0.15, 0.2) is 0 Å². The lowest BCUT2D eigenvalue weighted by Gasteiger charge is -2.33. The zero-order valence-electron chi connectivity index (χ0n) is 11.0. The van der Waals surface area contributed by atoms with Crippen molar-refractivity contribution in [2.75, 3.05) is 0 Å². The number of carbonyl (C=O) groups is 1. The Hall–Kier alpha value is -0.550. The monoisotopic (exact) mass is 331 g/mol. The Balaban J connectivity index is 2.19. The fourth-order valence-corrected chi connectivity index (χ4v) is 4.34. The smallest absolute Gasteiger partial charge is 0.408 e. The summed E-state index contributed by atoms with van der Waals surface area (Å²) in [5.41, 5.74) is 0.958. The zero-order valence-corrected chi connectivity index (χ0v) is 13.4. The van der Waals surface area contributed by atoms with Gasteiger partial charge in [-0.15, -0.1) is 11.3 Å². The lowest BCUT2D eigenvalue weighted by atomic mass is 10.1. The third kappa shape index (κ3) is 2.57. The molecule has 0 saturated heterocycles. The van der Waals surface area contributed by atoms with Crippen molar-refractivity contribution >= 4 is 33.4 Å². The first-order valence-corrected chi connectivity index (χ1v) is 7.61. The summed E-state index contributed by atoms with van der Waals surface area (Å²) in [6.07, 6.45) is 0.120. The topological polar surface area (TPSA) is 40.5 Å². The van der Waals surface area contributed by atoms with Crippen LogP contribution in [0.2, 0.25) is 0 Å². The first-order valence-electron chi connectivity index (χ1n) is 6.00. The highest BCUT2D eigenvalue weighted by atomic mass is 79.9. The molecule has 1 aromatic heterocycles. The summed E-state index contributed by atoms with van der Waals surface area (Å²) in [6, 6.07) is 2.26. The van der Waals surface area contributed by atoms with Crippen LogP contribution in [0.25, 0.3) is 0 Å². The van der Waals surface area contributed by atoms with E-state index in [0.717, 1.165) is 10.2 Å². The summed E-state index contributed by atoms with van der Waals surface area (Å²) >= 11 is 5.21. The van der Waals surface area contributed by atoms with Gasteiger partial charge in [-0.05, 0) is 61.7 Å². The highest BCUT2D eigenvalue weighted by Crippen LogP contribution is 2.50. The number of aryl methyl sites for hydroxylation is 1. The molecule has 1 heterocycles. The molecule has 2 unspecified atom stereocenters. The van der Waals surface area contributed by atoms with E-state index in [0.29, 0.717) is 5.92 Å². The molecule has 0 aromatic carbocycles. The fraction of sp³-hybridized carbons (Fsp3) is 0.615. The first kappa shape index (κ1) is 13.9. The van der Waals surface area contributed by atoms with Gasteiger partial charge in [0.1, 0.15) is 0 Å². The number of nitrogens with zero attached hydrogens (tertiary/aromatic N) is 1. The van der Waals surface area contributed by atoms with Crippen LogP contribution in [0.3, 0.4) is 0 Å². The second-order valence-corrected chi connectivity index (χ2v) is 8.43. The maximum absolute atomic E-state index is 11.4. The van der Waals surface area contributed by atoms with Gasteiger partial charge in [-0.1, -0.05) is 0 Å². The second-order valence-electron chi connectivity index (χ2n) is 5.79. The molecule has 1 aliphatic carbocycles. The van der Waals surface area contributed by atoms with Gasteiger partial charge < -0.3 is 5.11 Å². The number of rotatable bonds is 2. The summed E-state index contributed by atoms with van der Waals surface area (Å²) in [6.45, 7) is 7.95. The highest BCUT2D eigenvalue weighted by molar-refractivity contribution is 9.11. The normalized spacial score (nSPS) is 22.9. The molecule has 2 rings (SSSR count). The molecule has 18 heavy (non-hydrogen) atoms. The number of thiophene rings is 1. The Kier molecular flexibility index (Phi) is 3.49. The van der Waals surface area contributed by atoms with E-state index >= 15 is 0 Å². The van der Waals surface area contributed by atoms with Gasteiger partial charge in [0.05, 0.1) is 3.79 Å². The van der Waals surface area contributed by atoms with Crippen LogP contribution in [-0.2, 0) is 0 Å². The summed E-state index contributed by atoms with van der Waals surface area (Å²) in [7, 11) is 0. The van der Waals surface area contributed by atoms with Gasteiger partial charge in [-0.2, -0.15) is 0 Å². The Morgan fingerprint density at radius 2 is 2.17 bits per heavy atom. The van der Waals surface area contributed by atoms with Gasteiger partial charge in [0.25, 0.3) is 0 Å². The van der Waals surface area contributed by atoms with E-state index in [2.05, 4.69) is 28.9 Å². The predicted molar refractivity (Wildman–Crippen MR) is 77.5 cm³/mol. The maximum atomic E-state index is 11.4. The maximum Gasteiger partial charge on any atom is 0.408 e. The van der Waals surface area contributed by atoms with Crippen molar-refractivity contribution < 1.29 is 9.90 Å². The molecule has 0 bridgehead atoms. The molecule has 1 saturated carbocycles. The Morgan fingerprint density at radius 1 is 1.56 bits per heavy atom. The van der Waals surface area contributed by atoms with Crippen molar-refractivity contribution in [2.24, 2.45) is 0 Å². The highest BCUT2D eigenvalue weighted by Gasteiger charge is 2.49. The molecule has 5 heteroatoms. The van der Waals surface area contributed by atoms with Crippen molar-refractivity contribution in [3.8, 4) is 0 Å². The molecule has 1 aliphatic rings. The SMILES string of the molecule is Cc1sc(Br)cc1C1CC1N(C(=O)O)C(C)(C)C.